The monoisotopic (exact) mass is 319 g/mol. The summed E-state index contributed by atoms with van der Waals surface area (Å²) < 4.78 is 13.5. The van der Waals surface area contributed by atoms with Crippen molar-refractivity contribution in [1.29, 1.82) is 0 Å². The standard InChI is InChI=1S/C16H18FN3O3/c1-10-4-5-11(8-12(10)17)18-13(21)9-20-14(22)16(19-15(20)23)6-2-3-7-16/h4-5,8H,2-3,6-7,9H2,1H3,(H,18,21)(H,19,23). The number of rotatable bonds is 3. The van der Waals surface area contributed by atoms with Crippen LogP contribution in [0.4, 0.5) is 14.9 Å². The van der Waals surface area contributed by atoms with E-state index in [1.165, 1.54) is 6.07 Å². The maximum Gasteiger partial charge on any atom is 0.325 e. The molecule has 6 nitrogen and oxygen atoms in total. The van der Waals surface area contributed by atoms with Crippen LogP contribution >= 0.6 is 0 Å². The number of hydrogen-bond acceptors (Lipinski definition) is 3. The summed E-state index contributed by atoms with van der Waals surface area (Å²) in [7, 11) is 0. The van der Waals surface area contributed by atoms with Gasteiger partial charge in [0.25, 0.3) is 5.91 Å². The van der Waals surface area contributed by atoms with E-state index in [2.05, 4.69) is 10.6 Å². The quantitative estimate of drug-likeness (QED) is 0.836. The summed E-state index contributed by atoms with van der Waals surface area (Å²) in [6, 6.07) is 3.78. The number of benzene rings is 1. The van der Waals surface area contributed by atoms with Crippen molar-refractivity contribution in [3.8, 4) is 0 Å². The third-order valence-corrected chi connectivity index (χ3v) is 4.46. The molecule has 2 aliphatic rings. The van der Waals surface area contributed by atoms with Gasteiger partial charge in [-0.2, -0.15) is 0 Å². The lowest BCUT2D eigenvalue weighted by molar-refractivity contribution is -0.133. The zero-order valence-corrected chi connectivity index (χ0v) is 12.8. The van der Waals surface area contributed by atoms with Gasteiger partial charge in [-0.15, -0.1) is 0 Å². The van der Waals surface area contributed by atoms with Gasteiger partial charge >= 0.3 is 6.03 Å². The van der Waals surface area contributed by atoms with Gasteiger partial charge in [0.2, 0.25) is 5.91 Å². The molecule has 1 saturated carbocycles. The normalized spacial score (nSPS) is 19.3. The molecular formula is C16H18FN3O3. The first kappa shape index (κ1) is 15.5. The fourth-order valence-corrected chi connectivity index (χ4v) is 3.15. The van der Waals surface area contributed by atoms with Gasteiger partial charge < -0.3 is 10.6 Å². The van der Waals surface area contributed by atoms with Crippen LogP contribution < -0.4 is 10.6 Å². The average Bonchev–Trinajstić information content (AvgIpc) is 3.05. The number of hydrogen-bond donors (Lipinski definition) is 2. The maximum atomic E-state index is 13.5. The minimum Gasteiger partial charge on any atom is -0.324 e. The number of nitrogens with one attached hydrogen (secondary N) is 2. The predicted octanol–water partition coefficient (Wildman–Crippen LogP) is 1.94. The van der Waals surface area contributed by atoms with E-state index in [9.17, 15) is 18.8 Å². The first-order valence-electron chi connectivity index (χ1n) is 7.61. The lowest BCUT2D eigenvalue weighted by Gasteiger charge is -2.19. The average molecular weight is 319 g/mol. The first-order valence-corrected chi connectivity index (χ1v) is 7.61. The molecule has 1 spiro atoms. The highest BCUT2D eigenvalue weighted by Gasteiger charge is 2.52. The summed E-state index contributed by atoms with van der Waals surface area (Å²) in [5.41, 5.74) is -0.0612. The fourth-order valence-electron chi connectivity index (χ4n) is 3.15. The number of halogens is 1. The Morgan fingerprint density at radius 2 is 2.04 bits per heavy atom. The Morgan fingerprint density at radius 3 is 2.70 bits per heavy atom. The molecule has 122 valence electrons. The molecule has 3 rings (SSSR count). The molecule has 7 heteroatoms. The van der Waals surface area contributed by atoms with Crippen LogP contribution in [0.2, 0.25) is 0 Å². The molecule has 1 aliphatic heterocycles. The molecule has 1 heterocycles. The van der Waals surface area contributed by atoms with Crippen molar-refractivity contribution in [2.24, 2.45) is 0 Å². The van der Waals surface area contributed by atoms with Crippen molar-refractivity contribution in [2.75, 3.05) is 11.9 Å². The summed E-state index contributed by atoms with van der Waals surface area (Å²) in [6.07, 6.45) is 2.99. The Kier molecular flexibility index (Phi) is 3.79. The number of imide groups is 1. The van der Waals surface area contributed by atoms with Gasteiger partial charge in [-0.1, -0.05) is 18.9 Å². The van der Waals surface area contributed by atoms with E-state index in [1.54, 1.807) is 19.1 Å². The second-order valence-electron chi connectivity index (χ2n) is 6.12. The van der Waals surface area contributed by atoms with Gasteiger partial charge in [-0.3, -0.25) is 14.5 Å². The molecule has 1 saturated heterocycles. The van der Waals surface area contributed by atoms with Crippen molar-refractivity contribution >= 4 is 23.5 Å². The number of aryl methyl sites for hydroxylation is 1. The third kappa shape index (κ3) is 2.78. The Labute approximate surface area is 133 Å². The Balaban J connectivity index is 1.66. The number of nitrogens with zero attached hydrogens (tertiary/aromatic N) is 1. The van der Waals surface area contributed by atoms with Gasteiger partial charge in [-0.25, -0.2) is 9.18 Å². The minimum absolute atomic E-state index is 0.292. The summed E-state index contributed by atoms with van der Waals surface area (Å²) in [4.78, 5) is 37.4. The summed E-state index contributed by atoms with van der Waals surface area (Å²) in [6.45, 7) is 1.25. The van der Waals surface area contributed by atoms with E-state index in [1.807, 2.05) is 0 Å². The highest BCUT2D eigenvalue weighted by Crippen LogP contribution is 2.34. The molecule has 0 bridgehead atoms. The highest BCUT2D eigenvalue weighted by atomic mass is 19.1. The van der Waals surface area contributed by atoms with E-state index in [0.29, 0.717) is 24.1 Å². The van der Waals surface area contributed by atoms with Gasteiger partial charge in [0.05, 0.1) is 0 Å². The van der Waals surface area contributed by atoms with Crippen LogP contribution in [0.25, 0.3) is 0 Å². The number of amides is 4. The first-order chi connectivity index (χ1) is 10.9. The molecule has 0 radical (unpaired) electrons. The van der Waals surface area contributed by atoms with Crippen molar-refractivity contribution in [3.05, 3.63) is 29.6 Å². The molecule has 4 amide bonds. The number of urea groups is 1. The number of carbonyl (C=O) groups is 3. The topological polar surface area (TPSA) is 78.5 Å². The van der Waals surface area contributed by atoms with E-state index in [0.717, 1.165) is 17.7 Å². The number of carbonyl (C=O) groups excluding carboxylic acids is 3. The fraction of sp³-hybridized carbons (Fsp3) is 0.438. The Bertz CT molecular complexity index is 683. The van der Waals surface area contributed by atoms with Crippen LogP contribution in [-0.4, -0.2) is 34.8 Å². The zero-order valence-electron chi connectivity index (χ0n) is 12.8. The van der Waals surface area contributed by atoms with Gasteiger partial charge in [-0.05, 0) is 37.5 Å². The van der Waals surface area contributed by atoms with Gasteiger partial charge in [0, 0.05) is 5.69 Å². The molecule has 23 heavy (non-hydrogen) atoms. The third-order valence-electron chi connectivity index (χ3n) is 4.46. The van der Waals surface area contributed by atoms with Crippen molar-refractivity contribution in [1.82, 2.24) is 10.2 Å². The lowest BCUT2D eigenvalue weighted by atomic mass is 9.98. The Morgan fingerprint density at radius 1 is 1.35 bits per heavy atom. The summed E-state index contributed by atoms with van der Waals surface area (Å²) in [5.74, 6) is -1.31. The molecule has 0 aromatic heterocycles. The Hall–Kier alpha value is -2.44. The molecular weight excluding hydrogens is 301 g/mol. The number of anilines is 1. The van der Waals surface area contributed by atoms with Crippen LogP contribution in [0, 0.1) is 12.7 Å². The summed E-state index contributed by atoms with van der Waals surface area (Å²) >= 11 is 0. The van der Waals surface area contributed by atoms with E-state index < -0.39 is 23.3 Å². The molecule has 0 unspecified atom stereocenters. The van der Waals surface area contributed by atoms with Crippen molar-refractivity contribution < 1.29 is 18.8 Å². The van der Waals surface area contributed by atoms with E-state index in [-0.39, 0.29) is 12.5 Å². The second kappa shape index (κ2) is 5.64. The molecule has 2 N–H and O–H groups in total. The molecule has 1 aromatic rings. The van der Waals surface area contributed by atoms with Crippen LogP contribution in [0.1, 0.15) is 31.2 Å². The second-order valence-corrected chi connectivity index (χ2v) is 6.12. The molecule has 1 aliphatic carbocycles. The van der Waals surface area contributed by atoms with Crippen LogP contribution in [0.15, 0.2) is 18.2 Å². The molecule has 0 atom stereocenters. The maximum absolute atomic E-state index is 13.5. The highest BCUT2D eigenvalue weighted by molar-refractivity contribution is 6.10. The summed E-state index contributed by atoms with van der Waals surface area (Å²) in [5, 5.41) is 5.22. The lowest BCUT2D eigenvalue weighted by Crippen LogP contribution is -2.44. The van der Waals surface area contributed by atoms with E-state index >= 15 is 0 Å². The van der Waals surface area contributed by atoms with Crippen LogP contribution in [0.3, 0.4) is 0 Å². The minimum atomic E-state index is -0.826. The molecule has 2 fully saturated rings. The van der Waals surface area contributed by atoms with Gasteiger partial charge in [0.1, 0.15) is 17.9 Å². The smallest absolute Gasteiger partial charge is 0.324 e. The van der Waals surface area contributed by atoms with Gasteiger partial charge in [0.15, 0.2) is 0 Å². The van der Waals surface area contributed by atoms with Crippen molar-refractivity contribution in [2.45, 2.75) is 38.1 Å². The van der Waals surface area contributed by atoms with Crippen LogP contribution in [0.5, 0.6) is 0 Å². The van der Waals surface area contributed by atoms with Crippen LogP contribution in [-0.2, 0) is 9.59 Å². The largest absolute Gasteiger partial charge is 0.325 e. The SMILES string of the molecule is Cc1ccc(NC(=O)CN2C(=O)NC3(CCCC3)C2=O)cc1F. The van der Waals surface area contributed by atoms with E-state index in [4.69, 9.17) is 0 Å². The molecule has 1 aromatic carbocycles. The zero-order chi connectivity index (χ0) is 16.6. The van der Waals surface area contributed by atoms with Crippen molar-refractivity contribution in [3.63, 3.8) is 0 Å². The predicted molar refractivity (Wildman–Crippen MR) is 81.2 cm³/mol.